The summed E-state index contributed by atoms with van der Waals surface area (Å²) < 4.78 is 0. The van der Waals surface area contributed by atoms with Gasteiger partial charge in [-0.15, -0.1) is 0 Å². The minimum absolute atomic E-state index is 0.00704. The average molecular weight is 379 g/mol. The lowest BCUT2D eigenvalue weighted by atomic mass is 9.88. The molecule has 0 spiro atoms. The molecule has 28 heavy (non-hydrogen) atoms. The maximum atomic E-state index is 5.00. The van der Waals surface area contributed by atoms with Gasteiger partial charge in [0, 0.05) is 39.2 Å². The average Bonchev–Trinajstić information content (AvgIpc) is 2.48. The second-order valence-corrected chi connectivity index (χ2v) is 11.0. The van der Waals surface area contributed by atoms with Crippen LogP contribution in [-0.4, -0.2) is 22.3 Å². The number of nitrogens with one attached hydrogen (secondary N) is 1. The Balaban J connectivity index is 2.30. The van der Waals surface area contributed by atoms with Gasteiger partial charge in [0.05, 0.1) is 16.8 Å². The predicted molar refractivity (Wildman–Crippen MR) is 124 cm³/mol. The molecule has 2 aromatic rings. The zero-order valence-electron chi connectivity index (χ0n) is 19.0. The fourth-order valence-electron chi connectivity index (χ4n) is 3.70. The number of benzene rings is 2. The summed E-state index contributed by atoms with van der Waals surface area (Å²) in [5.41, 5.74) is 6.05. The van der Waals surface area contributed by atoms with Crippen LogP contribution in [0.5, 0.6) is 0 Å². The van der Waals surface area contributed by atoms with Crippen molar-refractivity contribution in [2.45, 2.75) is 78.9 Å². The topological polar surface area (TPSA) is 41.0 Å². The standard InChI is InChI=1S/C25H35N3/c1-23(2,3)26-19-13-10-17-21(28-25(7,8)9)15-12-18-20(27-24(4,5)6)14-11-16(19)22(17)18/h10-15,26-27H,1-9H3/p+1. The van der Waals surface area contributed by atoms with Crippen molar-refractivity contribution < 1.29 is 5.32 Å². The first-order chi connectivity index (χ1) is 12.7. The molecule has 3 rings (SSSR count). The van der Waals surface area contributed by atoms with Crippen molar-refractivity contribution in [3.8, 4) is 0 Å². The zero-order chi connectivity index (χ0) is 20.9. The van der Waals surface area contributed by atoms with E-state index in [1.54, 1.807) is 0 Å². The lowest BCUT2D eigenvalue weighted by molar-refractivity contribution is -0.640. The van der Waals surface area contributed by atoms with Gasteiger partial charge in [-0.1, -0.05) is 6.08 Å². The van der Waals surface area contributed by atoms with Crippen molar-refractivity contribution in [1.29, 1.82) is 0 Å². The molecule has 3 N–H and O–H groups in total. The molecule has 0 fully saturated rings. The van der Waals surface area contributed by atoms with Crippen LogP contribution in [0.25, 0.3) is 16.8 Å². The Morgan fingerprint density at radius 1 is 0.821 bits per heavy atom. The van der Waals surface area contributed by atoms with Crippen molar-refractivity contribution in [3.63, 3.8) is 0 Å². The number of hydrogen-bond acceptors (Lipinski definition) is 2. The molecule has 0 aromatic heterocycles. The van der Waals surface area contributed by atoms with E-state index in [0.717, 1.165) is 5.71 Å². The Kier molecular flexibility index (Phi) is 4.95. The Bertz CT molecular complexity index is 958. The molecule has 1 aliphatic carbocycles. The van der Waals surface area contributed by atoms with Gasteiger partial charge >= 0.3 is 0 Å². The lowest BCUT2D eigenvalue weighted by Gasteiger charge is -2.27. The number of hydrogen-bond donors (Lipinski definition) is 2. The summed E-state index contributed by atoms with van der Waals surface area (Å²) in [5, 5.41) is 8.65. The van der Waals surface area contributed by atoms with E-state index in [1.807, 2.05) is 0 Å². The summed E-state index contributed by atoms with van der Waals surface area (Å²) in [5.74, 6) is 0. The van der Waals surface area contributed by atoms with Crippen molar-refractivity contribution >= 4 is 33.9 Å². The van der Waals surface area contributed by atoms with Crippen LogP contribution >= 0.6 is 0 Å². The molecule has 0 radical (unpaired) electrons. The minimum Gasteiger partial charge on any atom is -0.380 e. The van der Waals surface area contributed by atoms with E-state index in [2.05, 4.69) is 109 Å². The van der Waals surface area contributed by atoms with E-state index in [-0.39, 0.29) is 16.6 Å². The number of anilines is 1. The molecule has 0 heterocycles. The number of quaternary nitrogens is 1. The fourth-order valence-corrected chi connectivity index (χ4v) is 3.70. The van der Waals surface area contributed by atoms with Crippen LogP contribution in [-0.2, 0) is 0 Å². The molecule has 0 aliphatic heterocycles. The lowest BCUT2D eigenvalue weighted by Crippen LogP contribution is -2.89. The Labute approximate surface area is 170 Å². The van der Waals surface area contributed by atoms with Crippen LogP contribution in [0.1, 0.15) is 73.4 Å². The maximum Gasteiger partial charge on any atom is 0.137 e. The number of aliphatic imine (C=N–C) groups is 1. The molecule has 2 aromatic carbocycles. The van der Waals surface area contributed by atoms with E-state index in [1.165, 1.54) is 33.3 Å². The predicted octanol–water partition coefficient (Wildman–Crippen LogP) is 5.66. The highest BCUT2D eigenvalue weighted by Crippen LogP contribution is 2.37. The summed E-state index contributed by atoms with van der Waals surface area (Å²) in [6.45, 7) is 19.8. The number of allylic oxidation sites excluding steroid dienone is 1. The summed E-state index contributed by atoms with van der Waals surface area (Å²) in [6.07, 6.45) is 4.40. The summed E-state index contributed by atoms with van der Waals surface area (Å²) in [7, 11) is 0. The van der Waals surface area contributed by atoms with Crippen LogP contribution in [0.15, 0.2) is 35.3 Å². The SMILES string of the molecule is CC(C)(C)N=C1C=Cc2c(NC(C)(C)C)ccc3c([NH2+]C(C)(C)C)ccc1c23. The Morgan fingerprint density at radius 3 is 2.07 bits per heavy atom. The van der Waals surface area contributed by atoms with Crippen LogP contribution in [0.3, 0.4) is 0 Å². The second-order valence-electron chi connectivity index (χ2n) is 11.0. The third-order valence-corrected chi connectivity index (χ3v) is 4.49. The number of nitrogens with two attached hydrogens (primary N) is 1. The van der Waals surface area contributed by atoms with Crippen molar-refractivity contribution in [3.05, 3.63) is 41.5 Å². The van der Waals surface area contributed by atoms with Crippen LogP contribution in [0, 0.1) is 0 Å². The molecule has 150 valence electrons. The summed E-state index contributed by atoms with van der Waals surface area (Å²) >= 11 is 0. The normalized spacial score (nSPS) is 16.1. The summed E-state index contributed by atoms with van der Waals surface area (Å²) in [4.78, 5) is 5.00. The number of nitrogens with zero attached hydrogens (tertiary/aromatic N) is 1. The minimum atomic E-state index is -0.110. The highest BCUT2D eigenvalue weighted by Gasteiger charge is 2.24. The zero-order valence-corrected chi connectivity index (χ0v) is 19.0. The van der Waals surface area contributed by atoms with Gasteiger partial charge in [-0.05, 0) is 86.6 Å². The largest absolute Gasteiger partial charge is 0.380 e. The second kappa shape index (κ2) is 6.73. The third kappa shape index (κ3) is 4.64. The highest BCUT2D eigenvalue weighted by atomic mass is 15.0. The van der Waals surface area contributed by atoms with E-state index in [0.29, 0.717) is 0 Å². The van der Waals surface area contributed by atoms with Gasteiger partial charge in [0.15, 0.2) is 0 Å². The third-order valence-electron chi connectivity index (χ3n) is 4.49. The smallest absolute Gasteiger partial charge is 0.137 e. The van der Waals surface area contributed by atoms with Crippen LogP contribution in [0.4, 0.5) is 11.4 Å². The van der Waals surface area contributed by atoms with Crippen LogP contribution < -0.4 is 10.6 Å². The van der Waals surface area contributed by atoms with Gasteiger partial charge in [0.2, 0.25) is 0 Å². The molecule has 0 atom stereocenters. The molecule has 0 unspecified atom stereocenters. The molecule has 0 saturated carbocycles. The van der Waals surface area contributed by atoms with E-state index >= 15 is 0 Å². The molecule has 0 bridgehead atoms. The molecule has 0 amide bonds. The van der Waals surface area contributed by atoms with E-state index in [9.17, 15) is 0 Å². The molecule has 1 aliphatic rings. The highest BCUT2D eigenvalue weighted by molar-refractivity contribution is 6.24. The number of rotatable bonds is 2. The van der Waals surface area contributed by atoms with Crippen molar-refractivity contribution in [1.82, 2.24) is 0 Å². The Hall–Kier alpha value is -2.13. The van der Waals surface area contributed by atoms with Gasteiger partial charge in [0.1, 0.15) is 5.69 Å². The molecule has 3 heteroatoms. The molecular weight excluding hydrogens is 342 g/mol. The first-order valence-corrected chi connectivity index (χ1v) is 10.3. The fraction of sp³-hybridized carbons (Fsp3) is 0.480. The monoisotopic (exact) mass is 378 g/mol. The first-order valence-electron chi connectivity index (χ1n) is 10.3. The maximum absolute atomic E-state index is 5.00. The van der Waals surface area contributed by atoms with Gasteiger partial charge in [-0.2, -0.15) is 0 Å². The molecule has 0 saturated heterocycles. The van der Waals surface area contributed by atoms with Gasteiger partial charge in [-0.25, -0.2) is 0 Å². The summed E-state index contributed by atoms with van der Waals surface area (Å²) in [6, 6.07) is 8.99. The molecular formula is C25H36N3+. The Morgan fingerprint density at radius 2 is 1.50 bits per heavy atom. The van der Waals surface area contributed by atoms with Crippen molar-refractivity contribution in [2.75, 3.05) is 5.32 Å². The quantitative estimate of drug-likeness (QED) is 0.651. The first kappa shape index (κ1) is 20.6. The van der Waals surface area contributed by atoms with E-state index in [4.69, 9.17) is 4.99 Å². The van der Waals surface area contributed by atoms with Gasteiger partial charge < -0.3 is 10.6 Å². The van der Waals surface area contributed by atoms with Crippen LogP contribution in [0.2, 0.25) is 0 Å². The van der Waals surface area contributed by atoms with E-state index < -0.39 is 0 Å². The van der Waals surface area contributed by atoms with Gasteiger partial charge in [0.25, 0.3) is 0 Å². The van der Waals surface area contributed by atoms with Gasteiger partial charge in [-0.3, -0.25) is 4.99 Å². The molecule has 3 nitrogen and oxygen atoms in total. The van der Waals surface area contributed by atoms with Crippen molar-refractivity contribution in [2.24, 2.45) is 4.99 Å².